The molecule has 1 atom stereocenters. The molecule has 0 bridgehead atoms. The Labute approximate surface area is 515 Å². The van der Waals surface area contributed by atoms with Crippen molar-refractivity contribution in [3.63, 3.8) is 0 Å². The molecule has 6 heteroatoms. The van der Waals surface area contributed by atoms with Crippen molar-refractivity contribution in [2.24, 2.45) is 0 Å². The Kier molecular flexibility index (Phi) is 68.2. The van der Waals surface area contributed by atoms with Crippen LogP contribution in [-0.2, 0) is 28.6 Å². The fourth-order valence-corrected chi connectivity index (χ4v) is 10.5. The van der Waals surface area contributed by atoms with Gasteiger partial charge in [-0.2, -0.15) is 0 Å². The van der Waals surface area contributed by atoms with E-state index in [0.717, 1.165) is 77.0 Å². The lowest BCUT2D eigenvalue weighted by molar-refractivity contribution is -0.166. The van der Waals surface area contributed by atoms with Crippen LogP contribution in [0, 0.1) is 0 Å². The minimum absolute atomic E-state index is 0.0938. The zero-order valence-electron chi connectivity index (χ0n) is 55.2. The van der Waals surface area contributed by atoms with Crippen LogP contribution in [-0.4, -0.2) is 37.2 Å². The standard InChI is InChI=1S/C77H136O6/c1-4-7-10-13-16-19-22-25-27-29-31-32-33-34-35-36-37-38-39-40-41-42-43-44-46-47-49-52-55-58-61-64-67-70-76(79)82-73-74(72-81-75(78)69-66-63-60-57-54-51-24-21-18-15-12-9-6-3)83-77(80)71-68-65-62-59-56-53-50-48-45-30-28-26-23-20-17-14-11-8-5-2/h9,12,18,21-22,25,29,31,33-34,51,54,60,63,74H,4-8,10-11,13-17,19-20,23-24,26-28,30,32,35-50,52-53,55-59,61-62,64-73H2,1-3H3/b12-9-,21-18-,25-22-,31-29-,34-33-,54-51-,63-60-. The number of ether oxygens (including phenoxy) is 3. The van der Waals surface area contributed by atoms with Crippen LogP contribution in [0.4, 0.5) is 0 Å². The molecule has 6 nitrogen and oxygen atoms in total. The van der Waals surface area contributed by atoms with Crippen LogP contribution in [0.3, 0.4) is 0 Å². The van der Waals surface area contributed by atoms with Gasteiger partial charge in [0, 0.05) is 19.3 Å². The van der Waals surface area contributed by atoms with Crippen molar-refractivity contribution in [2.45, 2.75) is 374 Å². The lowest BCUT2D eigenvalue weighted by Crippen LogP contribution is -2.30. The van der Waals surface area contributed by atoms with Crippen LogP contribution in [0.25, 0.3) is 0 Å². The zero-order valence-corrected chi connectivity index (χ0v) is 55.2. The van der Waals surface area contributed by atoms with Crippen LogP contribution in [0.1, 0.15) is 367 Å². The molecular weight excluding hydrogens is 1020 g/mol. The Bertz CT molecular complexity index is 1570. The van der Waals surface area contributed by atoms with Gasteiger partial charge in [-0.25, -0.2) is 0 Å². The van der Waals surface area contributed by atoms with E-state index in [2.05, 4.69) is 99.8 Å². The summed E-state index contributed by atoms with van der Waals surface area (Å²) in [6, 6.07) is 0. The molecule has 0 aromatic carbocycles. The summed E-state index contributed by atoms with van der Waals surface area (Å²) in [6.45, 7) is 6.50. The molecule has 0 radical (unpaired) electrons. The average Bonchev–Trinajstić information content (AvgIpc) is 3.49. The van der Waals surface area contributed by atoms with Crippen LogP contribution < -0.4 is 0 Å². The van der Waals surface area contributed by atoms with E-state index in [9.17, 15) is 14.4 Å². The summed E-state index contributed by atoms with van der Waals surface area (Å²) in [7, 11) is 0. The third-order valence-electron chi connectivity index (χ3n) is 15.9. The summed E-state index contributed by atoms with van der Waals surface area (Å²) in [5.74, 6) is -0.959. The molecule has 0 heterocycles. The van der Waals surface area contributed by atoms with E-state index in [1.807, 2.05) is 6.08 Å². The molecule has 0 spiro atoms. The van der Waals surface area contributed by atoms with Gasteiger partial charge in [-0.15, -0.1) is 0 Å². The van der Waals surface area contributed by atoms with E-state index in [1.54, 1.807) is 0 Å². The smallest absolute Gasteiger partial charge is 0.306 e. The van der Waals surface area contributed by atoms with Crippen molar-refractivity contribution in [3.05, 3.63) is 85.1 Å². The van der Waals surface area contributed by atoms with Crippen molar-refractivity contribution in [2.75, 3.05) is 13.2 Å². The second-order valence-corrected chi connectivity index (χ2v) is 24.1. The highest BCUT2D eigenvalue weighted by Crippen LogP contribution is 2.18. The molecule has 0 saturated carbocycles. The van der Waals surface area contributed by atoms with Crippen LogP contribution in [0.2, 0.25) is 0 Å². The molecule has 0 amide bonds. The third-order valence-corrected chi connectivity index (χ3v) is 15.9. The number of carbonyl (C=O) groups excluding carboxylic acids is 3. The molecule has 0 aliphatic rings. The van der Waals surface area contributed by atoms with Gasteiger partial charge in [0.05, 0.1) is 0 Å². The lowest BCUT2D eigenvalue weighted by Gasteiger charge is -2.18. The van der Waals surface area contributed by atoms with Gasteiger partial charge in [0.25, 0.3) is 0 Å². The first-order valence-corrected chi connectivity index (χ1v) is 36.1. The summed E-state index contributed by atoms with van der Waals surface area (Å²) < 4.78 is 16.9. The second kappa shape index (κ2) is 71.1. The SMILES string of the molecule is CC/C=C\C/C=C\C/C=C\C/C=C\CCC(=O)OCC(COC(=O)CCCCCCCCCCCCCCCCCCCC/C=C\C/C=C\C/C=C\CCCCCCC)OC(=O)CCCCCCCCCCCCCCCCCCCCC. The lowest BCUT2D eigenvalue weighted by atomic mass is 10.0. The van der Waals surface area contributed by atoms with Crippen LogP contribution in [0.15, 0.2) is 85.1 Å². The minimum atomic E-state index is -0.804. The van der Waals surface area contributed by atoms with Gasteiger partial charge >= 0.3 is 17.9 Å². The molecule has 0 aromatic rings. The Morgan fingerprint density at radius 2 is 0.494 bits per heavy atom. The summed E-state index contributed by atoms with van der Waals surface area (Å²) in [4.78, 5) is 38.3. The van der Waals surface area contributed by atoms with Gasteiger partial charge in [0.15, 0.2) is 6.10 Å². The largest absolute Gasteiger partial charge is 0.462 e. The Hall–Kier alpha value is -3.41. The molecule has 0 rings (SSSR count). The van der Waals surface area contributed by atoms with Crippen molar-refractivity contribution >= 4 is 17.9 Å². The predicted molar refractivity (Wildman–Crippen MR) is 362 cm³/mol. The molecule has 1 unspecified atom stereocenters. The topological polar surface area (TPSA) is 78.9 Å². The van der Waals surface area contributed by atoms with Gasteiger partial charge in [0.1, 0.15) is 13.2 Å². The number of hydrogen-bond acceptors (Lipinski definition) is 6. The van der Waals surface area contributed by atoms with E-state index < -0.39 is 6.10 Å². The Balaban J connectivity index is 4.19. The number of esters is 3. The van der Waals surface area contributed by atoms with Crippen molar-refractivity contribution < 1.29 is 28.6 Å². The number of unbranched alkanes of at least 4 members (excludes halogenated alkanes) is 41. The molecule has 0 fully saturated rings. The van der Waals surface area contributed by atoms with Crippen molar-refractivity contribution in [1.29, 1.82) is 0 Å². The molecule has 0 aliphatic carbocycles. The fraction of sp³-hybridized carbons (Fsp3) is 0.779. The molecule has 83 heavy (non-hydrogen) atoms. The normalized spacial score (nSPS) is 12.6. The predicted octanol–water partition coefficient (Wildman–Crippen LogP) is 25.0. The summed E-state index contributed by atoms with van der Waals surface area (Å²) in [5.41, 5.74) is 0. The van der Waals surface area contributed by atoms with E-state index in [4.69, 9.17) is 14.2 Å². The third kappa shape index (κ3) is 69.3. The van der Waals surface area contributed by atoms with Crippen LogP contribution >= 0.6 is 0 Å². The number of rotatable bonds is 66. The summed E-state index contributed by atoms with van der Waals surface area (Å²) in [5, 5.41) is 0. The van der Waals surface area contributed by atoms with Gasteiger partial charge < -0.3 is 14.2 Å². The van der Waals surface area contributed by atoms with Gasteiger partial charge in [0.2, 0.25) is 0 Å². The molecule has 0 aliphatic heterocycles. The first-order valence-electron chi connectivity index (χ1n) is 36.1. The van der Waals surface area contributed by atoms with Gasteiger partial charge in [-0.05, 0) is 83.5 Å². The Morgan fingerprint density at radius 1 is 0.253 bits per heavy atom. The first-order chi connectivity index (χ1) is 41.0. The molecule has 0 saturated heterocycles. The Morgan fingerprint density at radius 3 is 0.807 bits per heavy atom. The van der Waals surface area contributed by atoms with E-state index in [1.165, 1.54) is 244 Å². The van der Waals surface area contributed by atoms with E-state index >= 15 is 0 Å². The molecule has 0 N–H and O–H groups in total. The number of carbonyl (C=O) groups is 3. The average molecular weight is 1160 g/mol. The minimum Gasteiger partial charge on any atom is -0.462 e. The monoisotopic (exact) mass is 1160 g/mol. The summed E-state index contributed by atoms with van der Waals surface area (Å²) in [6.07, 6.45) is 95.0. The maximum atomic E-state index is 12.9. The number of allylic oxidation sites excluding steroid dienone is 14. The number of hydrogen-bond donors (Lipinski definition) is 0. The van der Waals surface area contributed by atoms with Gasteiger partial charge in [-0.1, -0.05) is 350 Å². The molecule has 480 valence electrons. The highest BCUT2D eigenvalue weighted by molar-refractivity contribution is 5.71. The highest BCUT2D eigenvalue weighted by atomic mass is 16.6. The molecular formula is C77H136O6. The van der Waals surface area contributed by atoms with Crippen molar-refractivity contribution in [1.82, 2.24) is 0 Å². The maximum Gasteiger partial charge on any atom is 0.306 e. The fourth-order valence-electron chi connectivity index (χ4n) is 10.5. The first kappa shape index (κ1) is 79.6. The van der Waals surface area contributed by atoms with Crippen molar-refractivity contribution in [3.8, 4) is 0 Å². The maximum absolute atomic E-state index is 12.9. The van der Waals surface area contributed by atoms with E-state index in [-0.39, 0.29) is 37.5 Å². The summed E-state index contributed by atoms with van der Waals surface area (Å²) >= 11 is 0. The quantitative estimate of drug-likeness (QED) is 0.0261. The van der Waals surface area contributed by atoms with Crippen LogP contribution in [0.5, 0.6) is 0 Å². The molecule has 0 aromatic heterocycles. The van der Waals surface area contributed by atoms with Gasteiger partial charge in [-0.3, -0.25) is 14.4 Å². The zero-order chi connectivity index (χ0) is 59.9. The highest BCUT2D eigenvalue weighted by Gasteiger charge is 2.19. The second-order valence-electron chi connectivity index (χ2n) is 24.1. The van der Waals surface area contributed by atoms with E-state index in [0.29, 0.717) is 19.3 Å².